The fraction of sp³-hybridized carbons (Fsp3) is 0.391. The Morgan fingerprint density at radius 1 is 0.903 bits per heavy atom. The lowest BCUT2D eigenvalue weighted by atomic mass is 10.1. The molecule has 1 saturated heterocycles. The second-order valence-electron chi connectivity index (χ2n) is 7.40. The van der Waals surface area contributed by atoms with Crippen molar-refractivity contribution in [2.75, 3.05) is 47.0 Å². The van der Waals surface area contributed by atoms with Gasteiger partial charge in [0.25, 0.3) is 11.8 Å². The number of halogens is 1. The minimum Gasteiger partial charge on any atom is -0.493 e. The molecule has 1 heterocycles. The Hall–Kier alpha value is -2.93. The molecule has 166 valence electrons. The van der Waals surface area contributed by atoms with E-state index in [1.807, 2.05) is 26.0 Å². The van der Waals surface area contributed by atoms with Gasteiger partial charge in [-0.1, -0.05) is 11.6 Å². The summed E-state index contributed by atoms with van der Waals surface area (Å²) < 4.78 is 16.2. The number of benzene rings is 2. The summed E-state index contributed by atoms with van der Waals surface area (Å²) in [6.07, 6.45) is 0. The molecular formula is C23H27ClN2O5. The van der Waals surface area contributed by atoms with Crippen LogP contribution in [0.1, 0.15) is 21.5 Å². The van der Waals surface area contributed by atoms with Crippen LogP contribution in [0.2, 0.25) is 5.02 Å². The van der Waals surface area contributed by atoms with E-state index in [0.717, 1.165) is 11.1 Å². The van der Waals surface area contributed by atoms with E-state index in [-0.39, 0.29) is 18.4 Å². The molecule has 0 aliphatic carbocycles. The molecule has 0 unspecified atom stereocenters. The highest BCUT2D eigenvalue weighted by Gasteiger charge is 2.25. The van der Waals surface area contributed by atoms with Crippen LogP contribution < -0.4 is 14.2 Å². The predicted octanol–water partition coefficient (Wildman–Crippen LogP) is 3.34. The van der Waals surface area contributed by atoms with Gasteiger partial charge in [0.2, 0.25) is 0 Å². The Kier molecular flexibility index (Phi) is 7.28. The van der Waals surface area contributed by atoms with Crippen LogP contribution in [0, 0.1) is 13.8 Å². The molecule has 0 atom stereocenters. The molecule has 1 aliphatic heterocycles. The molecular weight excluding hydrogens is 420 g/mol. The molecule has 0 aromatic heterocycles. The van der Waals surface area contributed by atoms with Gasteiger partial charge in [-0.05, 0) is 55.3 Å². The molecule has 0 bridgehead atoms. The number of ether oxygens (including phenoxy) is 3. The van der Waals surface area contributed by atoms with Crippen molar-refractivity contribution in [1.82, 2.24) is 9.80 Å². The van der Waals surface area contributed by atoms with Gasteiger partial charge in [-0.25, -0.2) is 0 Å². The van der Waals surface area contributed by atoms with Crippen molar-refractivity contribution in [2.24, 2.45) is 0 Å². The summed E-state index contributed by atoms with van der Waals surface area (Å²) in [5.74, 6) is 1.49. The lowest BCUT2D eigenvalue weighted by molar-refractivity contribution is -0.134. The van der Waals surface area contributed by atoms with Crippen LogP contribution in [0.4, 0.5) is 0 Å². The number of methoxy groups -OCH3 is 2. The first-order valence-corrected chi connectivity index (χ1v) is 10.4. The number of hydrogen-bond acceptors (Lipinski definition) is 5. The maximum Gasteiger partial charge on any atom is 0.260 e. The molecule has 0 saturated carbocycles. The maximum absolute atomic E-state index is 12.8. The quantitative estimate of drug-likeness (QED) is 0.680. The summed E-state index contributed by atoms with van der Waals surface area (Å²) in [6, 6.07) is 8.74. The fourth-order valence-corrected chi connectivity index (χ4v) is 3.65. The Balaban J connectivity index is 1.54. The Labute approximate surface area is 187 Å². The van der Waals surface area contributed by atoms with Gasteiger partial charge in [-0.15, -0.1) is 0 Å². The SMILES string of the molecule is COc1ccc(C(=O)N2CCN(C(=O)COc3cc(C)c(Cl)c(C)c3)CC2)cc1OC. The highest BCUT2D eigenvalue weighted by atomic mass is 35.5. The second kappa shape index (κ2) is 9.92. The summed E-state index contributed by atoms with van der Waals surface area (Å²) in [4.78, 5) is 28.8. The van der Waals surface area contributed by atoms with Gasteiger partial charge in [-0.2, -0.15) is 0 Å². The van der Waals surface area contributed by atoms with Gasteiger partial charge in [0.05, 0.1) is 14.2 Å². The van der Waals surface area contributed by atoms with Crippen molar-refractivity contribution in [2.45, 2.75) is 13.8 Å². The molecule has 2 amide bonds. The van der Waals surface area contributed by atoms with Crippen LogP contribution in [0.3, 0.4) is 0 Å². The number of carbonyl (C=O) groups is 2. The summed E-state index contributed by atoms with van der Waals surface area (Å²) in [7, 11) is 3.08. The second-order valence-corrected chi connectivity index (χ2v) is 7.78. The predicted molar refractivity (Wildman–Crippen MR) is 118 cm³/mol. The van der Waals surface area contributed by atoms with E-state index < -0.39 is 0 Å². The van der Waals surface area contributed by atoms with Crippen LogP contribution >= 0.6 is 11.6 Å². The van der Waals surface area contributed by atoms with E-state index in [9.17, 15) is 9.59 Å². The molecule has 1 aliphatic rings. The first-order chi connectivity index (χ1) is 14.8. The molecule has 31 heavy (non-hydrogen) atoms. The molecule has 3 rings (SSSR count). The largest absolute Gasteiger partial charge is 0.493 e. The van der Waals surface area contributed by atoms with Crippen molar-refractivity contribution >= 4 is 23.4 Å². The van der Waals surface area contributed by atoms with Crippen LogP contribution in [0.5, 0.6) is 17.2 Å². The first-order valence-electron chi connectivity index (χ1n) is 10.0. The van der Waals surface area contributed by atoms with Crippen molar-refractivity contribution in [1.29, 1.82) is 0 Å². The zero-order valence-corrected chi connectivity index (χ0v) is 19.0. The van der Waals surface area contributed by atoms with Crippen LogP contribution in [0.15, 0.2) is 30.3 Å². The number of amides is 2. The molecule has 2 aromatic carbocycles. The highest BCUT2D eigenvalue weighted by Crippen LogP contribution is 2.28. The summed E-state index contributed by atoms with van der Waals surface area (Å²) in [5, 5.41) is 0.703. The third-order valence-corrected chi connectivity index (χ3v) is 5.92. The number of rotatable bonds is 6. The first kappa shape index (κ1) is 22.7. The number of hydrogen-bond donors (Lipinski definition) is 0. The molecule has 7 nitrogen and oxygen atoms in total. The smallest absolute Gasteiger partial charge is 0.260 e. The van der Waals surface area contributed by atoms with E-state index in [1.54, 1.807) is 35.1 Å². The molecule has 8 heteroatoms. The third kappa shape index (κ3) is 5.22. The summed E-state index contributed by atoms with van der Waals surface area (Å²) in [5.41, 5.74) is 2.34. The summed E-state index contributed by atoms with van der Waals surface area (Å²) in [6.45, 7) is 5.58. The van der Waals surface area contributed by atoms with E-state index in [2.05, 4.69) is 0 Å². The Bertz CT molecular complexity index is 947. The Morgan fingerprint density at radius 3 is 2.06 bits per heavy atom. The minimum absolute atomic E-state index is 0.0515. The normalized spacial score (nSPS) is 13.7. The average molecular weight is 447 g/mol. The summed E-state index contributed by atoms with van der Waals surface area (Å²) >= 11 is 6.17. The standard InChI is InChI=1S/C23H27ClN2O5/c1-15-11-18(12-16(2)22(15)24)31-14-21(27)25-7-9-26(10-8-25)23(28)17-5-6-19(29-3)20(13-17)30-4/h5-6,11-13H,7-10,14H2,1-4H3. The zero-order valence-electron chi connectivity index (χ0n) is 18.2. The van der Waals surface area contributed by atoms with E-state index in [0.29, 0.717) is 54.0 Å². The van der Waals surface area contributed by atoms with Gasteiger partial charge >= 0.3 is 0 Å². The highest BCUT2D eigenvalue weighted by molar-refractivity contribution is 6.32. The lowest BCUT2D eigenvalue weighted by Gasteiger charge is -2.34. The number of aryl methyl sites for hydroxylation is 2. The van der Waals surface area contributed by atoms with Crippen LogP contribution in [-0.2, 0) is 4.79 Å². The molecule has 0 N–H and O–H groups in total. The topological polar surface area (TPSA) is 68.3 Å². The van der Waals surface area contributed by atoms with E-state index in [4.69, 9.17) is 25.8 Å². The molecule has 1 fully saturated rings. The number of carbonyl (C=O) groups excluding carboxylic acids is 2. The maximum atomic E-state index is 12.8. The van der Waals surface area contributed by atoms with Crippen molar-refractivity contribution < 1.29 is 23.8 Å². The van der Waals surface area contributed by atoms with Gasteiger partial charge in [-0.3, -0.25) is 9.59 Å². The average Bonchev–Trinajstić information content (AvgIpc) is 2.79. The van der Waals surface area contributed by atoms with Crippen LogP contribution in [0.25, 0.3) is 0 Å². The molecule has 0 spiro atoms. The van der Waals surface area contributed by atoms with Crippen molar-refractivity contribution in [3.8, 4) is 17.2 Å². The van der Waals surface area contributed by atoms with Gasteiger partial charge in [0, 0.05) is 36.8 Å². The molecule has 2 aromatic rings. The van der Waals surface area contributed by atoms with Crippen molar-refractivity contribution in [3.63, 3.8) is 0 Å². The van der Waals surface area contributed by atoms with E-state index >= 15 is 0 Å². The van der Waals surface area contributed by atoms with Crippen LogP contribution in [-0.4, -0.2) is 68.6 Å². The van der Waals surface area contributed by atoms with Gasteiger partial charge in [0.1, 0.15) is 5.75 Å². The number of nitrogens with zero attached hydrogens (tertiary/aromatic N) is 2. The Morgan fingerprint density at radius 2 is 1.48 bits per heavy atom. The van der Waals surface area contributed by atoms with Gasteiger partial charge < -0.3 is 24.0 Å². The minimum atomic E-state index is -0.108. The third-order valence-electron chi connectivity index (χ3n) is 5.32. The van der Waals surface area contributed by atoms with E-state index in [1.165, 1.54) is 7.11 Å². The van der Waals surface area contributed by atoms with Gasteiger partial charge in [0.15, 0.2) is 18.1 Å². The fourth-order valence-electron chi connectivity index (χ4n) is 3.54. The zero-order chi connectivity index (χ0) is 22.5. The molecule has 0 radical (unpaired) electrons. The number of piperazine rings is 1. The monoisotopic (exact) mass is 446 g/mol. The lowest BCUT2D eigenvalue weighted by Crippen LogP contribution is -2.51. The van der Waals surface area contributed by atoms with Crippen molar-refractivity contribution in [3.05, 3.63) is 52.0 Å².